The van der Waals surface area contributed by atoms with Crippen LogP contribution < -0.4 is 21.1 Å². The number of allylic oxidation sites excluding steroid dienone is 4. The number of pyridine rings is 1. The van der Waals surface area contributed by atoms with Crippen LogP contribution in [0.1, 0.15) is 37.3 Å². The molecule has 0 spiro atoms. The van der Waals surface area contributed by atoms with E-state index in [1.165, 1.54) is 18.9 Å². The Kier molecular flexibility index (Phi) is 5.34. The summed E-state index contributed by atoms with van der Waals surface area (Å²) in [6, 6.07) is 4.92. The lowest BCUT2D eigenvalue weighted by Crippen LogP contribution is -2.38. The second-order valence-corrected chi connectivity index (χ2v) is 7.17. The van der Waals surface area contributed by atoms with E-state index in [4.69, 9.17) is 4.74 Å². The second kappa shape index (κ2) is 8.23. The van der Waals surface area contributed by atoms with Crippen molar-refractivity contribution in [1.29, 1.82) is 0 Å². The third-order valence-corrected chi connectivity index (χ3v) is 4.82. The molecule has 1 aliphatic carbocycles. The van der Waals surface area contributed by atoms with Crippen molar-refractivity contribution in [2.45, 2.75) is 39.3 Å². The molecule has 0 amide bonds. The summed E-state index contributed by atoms with van der Waals surface area (Å²) in [7, 11) is 0. The van der Waals surface area contributed by atoms with Crippen molar-refractivity contribution in [3.63, 3.8) is 0 Å². The molecule has 1 saturated carbocycles. The fourth-order valence-corrected chi connectivity index (χ4v) is 3.07. The minimum absolute atomic E-state index is 0.132. The van der Waals surface area contributed by atoms with E-state index in [0.29, 0.717) is 17.5 Å². The fraction of sp³-hybridized carbons (Fsp3) is 0.318. The van der Waals surface area contributed by atoms with Gasteiger partial charge in [0, 0.05) is 30.1 Å². The third kappa shape index (κ3) is 4.66. The molecule has 29 heavy (non-hydrogen) atoms. The van der Waals surface area contributed by atoms with Crippen molar-refractivity contribution in [2.75, 3.05) is 0 Å². The van der Waals surface area contributed by atoms with E-state index in [1.54, 1.807) is 23.0 Å². The number of aryl methyl sites for hydroxylation is 1. The minimum atomic E-state index is -0.171. The van der Waals surface area contributed by atoms with Gasteiger partial charge in [-0.2, -0.15) is 0 Å². The Morgan fingerprint density at radius 2 is 2.03 bits per heavy atom. The molecule has 2 aliphatic rings. The van der Waals surface area contributed by atoms with Crippen LogP contribution in [0.5, 0.6) is 5.75 Å². The van der Waals surface area contributed by atoms with Crippen LogP contribution in [0.3, 0.4) is 0 Å². The molecular weight excluding hydrogens is 366 g/mol. The number of hydrazine groups is 1. The van der Waals surface area contributed by atoms with E-state index in [9.17, 15) is 4.79 Å². The Bertz CT molecular complexity index is 1070. The van der Waals surface area contributed by atoms with Crippen LogP contribution in [0.25, 0.3) is 0 Å². The Labute approximate surface area is 169 Å². The number of hydrogen-bond donors (Lipinski definition) is 2. The van der Waals surface area contributed by atoms with Crippen molar-refractivity contribution in [3.8, 4) is 17.6 Å². The normalized spacial score (nSPS) is 16.3. The molecule has 0 saturated heterocycles. The van der Waals surface area contributed by atoms with Gasteiger partial charge < -0.3 is 14.7 Å². The predicted molar refractivity (Wildman–Crippen MR) is 109 cm³/mol. The first-order valence-electron chi connectivity index (χ1n) is 9.67. The monoisotopic (exact) mass is 389 g/mol. The highest BCUT2D eigenvalue weighted by Gasteiger charge is 2.19. The van der Waals surface area contributed by atoms with Crippen LogP contribution in [0, 0.1) is 24.7 Å². The third-order valence-electron chi connectivity index (χ3n) is 4.82. The van der Waals surface area contributed by atoms with Gasteiger partial charge in [0.25, 0.3) is 5.56 Å². The van der Waals surface area contributed by atoms with Gasteiger partial charge in [0.05, 0.1) is 11.7 Å². The SMILES string of the molecule is Cc1cc(OCc2ncccn2)cc(=O)n1[C@H](C)C1=CC=C(C#CC2CC2)NN1. The number of rotatable bonds is 5. The highest BCUT2D eigenvalue weighted by Crippen LogP contribution is 2.27. The second-order valence-electron chi connectivity index (χ2n) is 7.17. The average Bonchev–Trinajstić information content (AvgIpc) is 3.56. The first-order chi connectivity index (χ1) is 14.1. The lowest BCUT2D eigenvalue weighted by atomic mass is 10.1. The van der Waals surface area contributed by atoms with Crippen molar-refractivity contribution in [2.24, 2.45) is 5.92 Å². The number of hydrogen-bond acceptors (Lipinski definition) is 6. The molecule has 0 unspecified atom stereocenters. The smallest absolute Gasteiger partial charge is 0.255 e. The van der Waals surface area contributed by atoms with Crippen LogP contribution in [0.15, 0.2) is 58.9 Å². The van der Waals surface area contributed by atoms with Gasteiger partial charge in [-0.3, -0.25) is 10.2 Å². The maximum atomic E-state index is 12.7. The molecule has 0 bridgehead atoms. The molecule has 0 aromatic carbocycles. The van der Waals surface area contributed by atoms with Crippen LogP contribution in [-0.2, 0) is 6.61 Å². The van der Waals surface area contributed by atoms with Crippen molar-refractivity contribution < 1.29 is 4.74 Å². The Morgan fingerprint density at radius 3 is 2.69 bits per heavy atom. The molecular formula is C22H23N5O2. The summed E-state index contributed by atoms with van der Waals surface area (Å²) in [5, 5.41) is 0. The molecule has 2 aromatic rings. The van der Waals surface area contributed by atoms with Gasteiger partial charge >= 0.3 is 0 Å². The summed E-state index contributed by atoms with van der Waals surface area (Å²) in [5.74, 6) is 7.99. The number of ether oxygens (including phenoxy) is 1. The molecule has 1 fully saturated rings. The Hall–Kier alpha value is -3.53. The van der Waals surface area contributed by atoms with Gasteiger partial charge in [-0.25, -0.2) is 9.97 Å². The maximum absolute atomic E-state index is 12.7. The highest BCUT2D eigenvalue weighted by molar-refractivity contribution is 5.36. The zero-order valence-corrected chi connectivity index (χ0v) is 16.5. The lowest BCUT2D eigenvalue weighted by molar-refractivity contribution is 0.293. The maximum Gasteiger partial charge on any atom is 0.255 e. The Balaban J connectivity index is 1.48. The van der Waals surface area contributed by atoms with Crippen molar-refractivity contribution in [1.82, 2.24) is 25.4 Å². The fourth-order valence-electron chi connectivity index (χ4n) is 3.07. The summed E-state index contributed by atoms with van der Waals surface area (Å²) in [6.07, 6.45) is 9.62. The minimum Gasteiger partial charge on any atom is -0.485 e. The number of aromatic nitrogens is 3. The van der Waals surface area contributed by atoms with Gasteiger partial charge in [0.1, 0.15) is 18.1 Å². The summed E-state index contributed by atoms with van der Waals surface area (Å²) >= 11 is 0. The molecule has 1 aliphatic heterocycles. The molecule has 2 N–H and O–H groups in total. The van der Waals surface area contributed by atoms with Gasteiger partial charge in [0.15, 0.2) is 5.82 Å². The van der Waals surface area contributed by atoms with Gasteiger partial charge in [-0.1, -0.05) is 5.92 Å². The van der Waals surface area contributed by atoms with E-state index < -0.39 is 0 Å². The van der Waals surface area contributed by atoms with Crippen molar-refractivity contribution in [3.05, 3.63) is 76.0 Å². The average molecular weight is 389 g/mol. The largest absolute Gasteiger partial charge is 0.485 e. The topological polar surface area (TPSA) is 81.1 Å². The van der Waals surface area contributed by atoms with E-state index in [1.807, 2.05) is 32.1 Å². The molecule has 7 nitrogen and oxygen atoms in total. The standard InChI is InChI=1S/C22H23N5O2/c1-15-12-19(29-14-21-23-10-3-11-24-21)13-22(28)27(15)16(2)20-9-8-18(25-26-20)7-6-17-4-5-17/h3,8-13,16-17,25-26H,4-5,14H2,1-2H3/t16-/m1/s1. The van der Waals surface area contributed by atoms with Gasteiger partial charge in [-0.15, -0.1) is 0 Å². The summed E-state index contributed by atoms with van der Waals surface area (Å²) in [6.45, 7) is 4.08. The van der Waals surface area contributed by atoms with Crippen LogP contribution in [-0.4, -0.2) is 14.5 Å². The number of nitrogens with zero attached hydrogens (tertiary/aromatic N) is 3. The van der Waals surface area contributed by atoms with Crippen LogP contribution in [0.2, 0.25) is 0 Å². The lowest BCUT2D eigenvalue weighted by Gasteiger charge is -2.25. The molecule has 3 heterocycles. The predicted octanol–water partition coefficient (Wildman–Crippen LogP) is 2.38. The zero-order valence-electron chi connectivity index (χ0n) is 16.5. The summed E-state index contributed by atoms with van der Waals surface area (Å²) in [4.78, 5) is 21.0. The molecule has 7 heteroatoms. The summed E-state index contributed by atoms with van der Waals surface area (Å²) < 4.78 is 7.42. The van der Waals surface area contributed by atoms with E-state index in [-0.39, 0.29) is 18.2 Å². The quantitative estimate of drug-likeness (QED) is 0.765. The van der Waals surface area contributed by atoms with Crippen molar-refractivity contribution >= 4 is 0 Å². The van der Waals surface area contributed by atoms with E-state index in [2.05, 4.69) is 32.7 Å². The van der Waals surface area contributed by atoms with Gasteiger partial charge in [-0.05, 0) is 56.9 Å². The molecule has 1 atom stereocenters. The highest BCUT2D eigenvalue weighted by atomic mass is 16.5. The first kappa shape index (κ1) is 18.8. The molecule has 4 rings (SSSR count). The summed E-state index contributed by atoms with van der Waals surface area (Å²) in [5.41, 5.74) is 8.67. The zero-order chi connectivity index (χ0) is 20.2. The Morgan fingerprint density at radius 1 is 1.24 bits per heavy atom. The molecule has 148 valence electrons. The number of nitrogens with one attached hydrogen (secondary N) is 2. The van der Waals surface area contributed by atoms with Gasteiger partial charge in [0.2, 0.25) is 0 Å². The van der Waals surface area contributed by atoms with Crippen LogP contribution >= 0.6 is 0 Å². The first-order valence-corrected chi connectivity index (χ1v) is 9.67. The molecule has 0 radical (unpaired) electrons. The van der Waals surface area contributed by atoms with E-state index in [0.717, 1.165) is 17.1 Å². The van der Waals surface area contributed by atoms with Crippen LogP contribution in [0.4, 0.5) is 0 Å². The molecule has 2 aromatic heterocycles. The van der Waals surface area contributed by atoms with E-state index >= 15 is 0 Å².